The second-order valence-electron chi connectivity index (χ2n) is 5.05. The van der Waals surface area contributed by atoms with Crippen LogP contribution in [0.2, 0.25) is 0 Å². The molecule has 2 rings (SSSR count). The predicted octanol–water partition coefficient (Wildman–Crippen LogP) is 3.00. The van der Waals surface area contributed by atoms with Gasteiger partial charge in [0.2, 0.25) is 0 Å². The van der Waals surface area contributed by atoms with E-state index in [9.17, 15) is 4.39 Å². The third-order valence-electron chi connectivity index (χ3n) is 4.03. The Hall–Kier alpha value is -0.110. The summed E-state index contributed by atoms with van der Waals surface area (Å²) in [5, 5.41) is 0. The first-order chi connectivity index (χ1) is 6.80. The topological polar surface area (TPSA) is 3.24 Å². The second-order valence-corrected chi connectivity index (χ2v) is 5.05. The van der Waals surface area contributed by atoms with Gasteiger partial charge in [-0.05, 0) is 38.1 Å². The number of piperidine rings is 1. The van der Waals surface area contributed by atoms with E-state index < -0.39 is 0 Å². The van der Waals surface area contributed by atoms with E-state index in [1.54, 1.807) is 0 Å². The van der Waals surface area contributed by atoms with Crippen molar-refractivity contribution < 1.29 is 4.39 Å². The van der Waals surface area contributed by atoms with Crippen LogP contribution in [-0.2, 0) is 0 Å². The number of rotatable bonds is 4. The number of halogens is 1. The minimum atomic E-state index is -0.166. The molecule has 0 N–H and O–H groups in total. The largest absolute Gasteiger partial charge is 0.295 e. The van der Waals surface area contributed by atoms with Crippen LogP contribution in [0.15, 0.2) is 0 Å². The number of hydrogen-bond acceptors (Lipinski definition) is 1. The zero-order valence-corrected chi connectivity index (χ0v) is 9.27. The first-order valence-electron chi connectivity index (χ1n) is 6.12. The predicted molar refractivity (Wildman–Crippen MR) is 57.1 cm³/mol. The monoisotopic (exact) mass is 199 g/mol. The van der Waals surface area contributed by atoms with Gasteiger partial charge in [0, 0.05) is 12.1 Å². The molecule has 1 nitrogen and oxygen atoms in total. The number of hydrogen-bond donors (Lipinski definition) is 0. The molecular formula is C12H22FN. The third-order valence-corrected chi connectivity index (χ3v) is 4.03. The lowest BCUT2D eigenvalue weighted by atomic mass is 9.86. The first kappa shape index (κ1) is 10.4. The maximum atomic E-state index is 12.4. The van der Waals surface area contributed by atoms with Crippen molar-refractivity contribution in [1.82, 2.24) is 4.90 Å². The molecule has 14 heavy (non-hydrogen) atoms. The van der Waals surface area contributed by atoms with Crippen molar-refractivity contribution in [3.05, 3.63) is 0 Å². The van der Waals surface area contributed by atoms with E-state index in [0.29, 0.717) is 12.1 Å². The molecule has 1 saturated heterocycles. The normalized spacial score (nSPS) is 30.9. The molecule has 82 valence electrons. The van der Waals surface area contributed by atoms with Crippen LogP contribution in [0.3, 0.4) is 0 Å². The summed E-state index contributed by atoms with van der Waals surface area (Å²) in [6.07, 6.45) is 7.99. The lowest BCUT2D eigenvalue weighted by molar-refractivity contribution is 0.0836. The van der Waals surface area contributed by atoms with E-state index in [1.807, 2.05) is 0 Å². The van der Waals surface area contributed by atoms with Crippen molar-refractivity contribution in [2.45, 2.75) is 51.0 Å². The van der Waals surface area contributed by atoms with Crippen LogP contribution in [0, 0.1) is 5.92 Å². The SMILES string of the molecule is CCC[C@H]1CCN(CCF)C2(CC2)C1. The van der Waals surface area contributed by atoms with Gasteiger partial charge in [-0.2, -0.15) is 0 Å². The van der Waals surface area contributed by atoms with Crippen molar-refractivity contribution in [3.63, 3.8) is 0 Å². The standard InChI is InChI=1S/C12H22FN/c1-2-3-11-4-8-14(9-7-13)12(10-11)5-6-12/h11H,2-10H2,1H3/t11-/m0/s1. The summed E-state index contributed by atoms with van der Waals surface area (Å²) in [6, 6.07) is 0. The van der Waals surface area contributed by atoms with Crippen molar-refractivity contribution in [1.29, 1.82) is 0 Å². The fourth-order valence-corrected chi connectivity index (χ4v) is 3.11. The molecule has 0 unspecified atom stereocenters. The van der Waals surface area contributed by atoms with Gasteiger partial charge in [-0.1, -0.05) is 19.8 Å². The van der Waals surface area contributed by atoms with Gasteiger partial charge in [-0.25, -0.2) is 4.39 Å². The van der Waals surface area contributed by atoms with Gasteiger partial charge in [0.15, 0.2) is 0 Å². The van der Waals surface area contributed by atoms with Crippen LogP contribution in [-0.4, -0.2) is 30.2 Å². The number of nitrogens with zero attached hydrogens (tertiary/aromatic N) is 1. The summed E-state index contributed by atoms with van der Waals surface area (Å²) in [5.74, 6) is 0.929. The Morgan fingerprint density at radius 1 is 1.43 bits per heavy atom. The summed E-state index contributed by atoms with van der Waals surface area (Å²) in [4.78, 5) is 2.42. The summed E-state index contributed by atoms with van der Waals surface area (Å²) >= 11 is 0. The fraction of sp³-hybridized carbons (Fsp3) is 1.00. The Labute approximate surface area is 86.7 Å². The van der Waals surface area contributed by atoms with E-state index >= 15 is 0 Å². The van der Waals surface area contributed by atoms with Crippen LogP contribution in [0.25, 0.3) is 0 Å². The van der Waals surface area contributed by atoms with E-state index in [0.717, 1.165) is 12.5 Å². The number of likely N-dealkylation sites (tertiary alicyclic amines) is 1. The van der Waals surface area contributed by atoms with Crippen molar-refractivity contribution >= 4 is 0 Å². The van der Waals surface area contributed by atoms with E-state index in [4.69, 9.17) is 0 Å². The van der Waals surface area contributed by atoms with Gasteiger partial charge < -0.3 is 0 Å². The molecule has 0 aromatic heterocycles. The molecule has 0 aromatic carbocycles. The van der Waals surface area contributed by atoms with Gasteiger partial charge in [-0.3, -0.25) is 4.90 Å². The lowest BCUT2D eigenvalue weighted by Gasteiger charge is -2.39. The Kier molecular flexibility index (Phi) is 3.10. The molecule has 1 heterocycles. The highest BCUT2D eigenvalue weighted by atomic mass is 19.1. The summed E-state index contributed by atoms with van der Waals surface area (Å²) in [7, 11) is 0. The van der Waals surface area contributed by atoms with Crippen LogP contribution in [0.5, 0.6) is 0 Å². The molecule has 2 fully saturated rings. The van der Waals surface area contributed by atoms with Crippen molar-refractivity contribution in [3.8, 4) is 0 Å². The van der Waals surface area contributed by atoms with E-state index in [1.165, 1.54) is 38.5 Å². The van der Waals surface area contributed by atoms with Crippen molar-refractivity contribution in [2.75, 3.05) is 19.8 Å². The maximum Gasteiger partial charge on any atom is 0.102 e. The zero-order chi connectivity index (χ0) is 10.0. The first-order valence-corrected chi connectivity index (χ1v) is 6.12. The smallest absolute Gasteiger partial charge is 0.102 e. The molecule has 1 aliphatic heterocycles. The molecule has 0 aromatic rings. The summed E-state index contributed by atoms with van der Waals surface area (Å²) < 4.78 is 12.4. The molecule has 2 aliphatic rings. The summed E-state index contributed by atoms with van der Waals surface area (Å²) in [5.41, 5.74) is 0.462. The highest BCUT2D eigenvalue weighted by molar-refractivity contribution is 5.06. The molecule has 1 spiro atoms. The molecule has 0 bridgehead atoms. The minimum Gasteiger partial charge on any atom is -0.295 e. The quantitative estimate of drug-likeness (QED) is 0.672. The van der Waals surface area contributed by atoms with Crippen molar-refractivity contribution in [2.24, 2.45) is 5.92 Å². The Morgan fingerprint density at radius 3 is 2.79 bits per heavy atom. The molecule has 0 amide bonds. The zero-order valence-electron chi connectivity index (χ0n) is 9.27. The minimum absolute atomic E-state index is 0.166. The third kappa shape index (κ3) is 1.95. The fourth-order valence-electron chi connectivity index (χ4n) is 3.11. The van der Waals surface area contributed by atoms with E-state index in [-0.39, 0.29) is 6.67 Å². The van der Waals surface area contributed by atoms with Crippen LogP contribution in [0.1, 0.15) is 45.4 Å². The Bertz CT molecular complexity index is 189. The van der Waals surface area contributed by atoms with Gasteiger partial charge in [-0.15, -0.1) is 0 Å². The average molecular weight is 199 g/mol. The highest BCUT2D eigenvalue weighted by Gasteiger charge is 2.50. The van der Waals surface area contributed by atoms with Gasteiger partial charge >= 0.3 is 0 Å². The Morgan fingerprint density at radius 2 is 2.21 bits per heavy atom. The maximum absolute atomic E-state index is 12.4. The molecule has 1 saturated carbocycles. The lowest BCUT2D eigenvalue weighted by Crippen LogP contribution is -2.45. The van der Waals surface area contributed by atoms with Crippen LogP contribution in [0.4, 0.5) is 4.39 Å². The van der Waals surface area contributed by atoms with Gasteiger partial charge in [0.25, 0.3) is 0 Å². The van der Waals surface area contributed by atoms with Crippen LogP contribution >= 0.6 is 0 Å². The van der Waals surface area contributed by atoms with Crippen LogP contribution < -0.4 is 0 Å². The summed E-state index contributed by atoms with van der Waals surface area (Å²) in [6.45, 7) is 3.93. The molecule has 1 aliphatic carbocycles. The molecule has 1 atom stereocenters. The van der Waals surface area contributed by atoms with Gasteiger partial charge in [0.05, 0.1) is 0 Å². The second kappa shape index (κ2) is 4.18. The Balaban J connectivity index is 1.88. The molecular weight excluding hydrogens is 177 g/mol. The van der Waals surface area contributed by atoms with Gasteiger partial charge in [0.1, 0.15) is 6.67 Å². The molecule has 2 heteroatoms. The molecule has 0 radical (unpaired) electrons. The highest BCUT2D eigenvalue weighted by Crippen LogP contribution is 2.50. The van der Waals surface area contributed by atoms with E-state index in [2.05, 4.69) is 11.8 Å². The average Bonchev–Trinajstić information content (AvgIpc) is 2.92. The number of alkyl halides is 1.